The van der Waals surface area contributed by atoms with E-state index in [0.29, 0.717) is 28.4 Å². The van der Waals surface area contributed by atoms with Crippen molar-refractivity contribution >= 4 is 12.2 Å². The highest BCUT2D eigenvalue weighted by Crippen LogP contribution is 2.22. The molecule has 9 nitrogen and oxygen atoms in total. The Kier molecular flexibility index (Phi) is 5.85. The van der Waals surface area contributed by atoms with E-state index in [1.807, 2.05) is 0 Å². The van der Waals surface area contributed by atoms with Gasteiger partial charge in [-0.1, -0.05) is 0 Å². The van der Waals surface area contributed by atoms with Crippen LogP contribution in [0.2, 0.25) is 0 Å². The van der Waals surface area contributed by atoms with Crippen LogP contribution >= 0.6 is 0 Å². The Bertz CT molecular complexity index is 1030. The minimum absolute atomic E-state index is 0.111. The number of ether oxygens (including phenoxy) is 3. The van der Waals surface area contributed by atoms with Crippen molar-refractivity contribution in [3.8, 4) is 28.5 Å². The lowest BCUT2D eigenvalue weighted by molar-refractivity contribution is 0.402. The third kappa shape index (κ3) is 4.26. The lowest BCUT2D eigenvalue weighted by atomic mass is 10.1. The van der Waals surface area contributed by atoms with E-state index in [-0.39, 0.29) is 11.6 Å². The van der Waals surface area contributed by atoms with Crippen molar-refractivity contribution < 1.29 is 14.2 Å². The molecule has 0 bridgehead atoms. The van der Waals surface area contributed by atoms with Gasteiger partial charge in [-0.2, -0.15) is 5.10 Å². The molecule has 9 heteroatoms. The second-order valence-electron chi connectivity index (χ2n) is 5.56. The minimum Gasteiger partial charge on any atom is -0.497 e. The summed E-state index contributed by atoms with van der Waals surface area (Å²) in [7, 11) is 4.71. The molecule has 3 aromatic rings. The molecule has 0 aliphatic carbocycles. The molecule has 0 unspecified atom stereocenters. The zero-order chi connectivity index (χ0) is 19.9. The molecule has 0 fully saturated rings. The van der Waals surface area contributed by atoms with Gasteiger partial charge in [-0.25, -0.2) is 5.43 Å². The first-order valence-electron chi connectivity index (χ1n) is 8.27. The Morgan fingerprint density at radius 2 is 1.68 bits per heavy atom. The van der Waals surface area contributed by atoms with Crippen LogP contribution in [0, 0.1) is 0 Å². The molecule has 0 atom stereocenters. The Hall–Kier alpha value is -3.88. The summed E-state index contributed by atoms with van der Waals surface area (Å²) in [6.07, 6.45) is 1.53. The summed E-state index contributed by atoms with van der Waals surface area (Å²) in [4.78, 5) is 14.9. The predicted molar refractivity (Wildman–Crippen MR) is 105 cm³/mol. The van der Waals surface area contributed by atoms with Crippen LogP contribution < -0.4 is 25.2 Å². The van der Waals surface area contributed by atoms with Crippen LogP contribution in [0.15, 0.2) is 52.4 Å². The van der Waals surface area contributed by atoms with Crippen molar-refractivity contribution in [3.63, 3.8) is 0 Å². The van der Waals surface area contributed by atoms with Crippen LogP contribution in [0.25, 0.3) is 11.3 Å². The van der Waals surface area contributed by atoms with Crippen molar-refractivity contribution in [2.24, 2.45) is 5.10 Å². The summed E-state index contributed by atoms with van der Waals surface area (Å²) < 4.78 is 15.6. The summed E-state index contributed by atoms with van der Waals surface area (Å²) in [6.45, 7) is 0. The molecular formula is C19H19N5O4. The van der Waals surface area contributed by atoms with E-state index in [1.165, 1.54) is 6.21 Å². The van der Waals surface area contributed by atoms with Crippen molar-refractivity contribution in [2.45, 2.75) is 0 Å². The SMILES string of the molecule is COc1ccc(-c2nnc(N/N=C/c3cc(OC)ccc3OC)[nH]c2=O)cc1. The molecule has 1 aromatic heterocycles. The van der Waals surface area contributed by atoms with Gasteiger partial charge in [0.2, 0.25) is 5.95 Å². The summed E-state index contributed by atoms with van der Waals surface area (Å²) in [5.41, 5.74) is 3.78. The van der Waals surface area contributed by atoms with E-state index >= 15 is 0 Å². The number of rotatable bonds is 7. The molecule has 144 valence electrons. The van der Waals surface area contributed by atoms with Gasteiger partial charge in [0.05, 0.1) is 27.5 Å². The van der Waals surface area contributed by atoms with Gasteiger partial charge < -0.3 is 14.2 Å². The molecule has 28 heavy (non-hydrogen) atoms. The van der Waals surface area contributed by atoms with Crippen LogP contribution in [0.5, 0.6) is 17.2 Å². The number of benzene rings is 2. The molecule has 0 aliphatic heterocycles. The van der Waals surface area contributed by atoms with Gasteiger partial charge in [0.1, 0.15) is 17.2 Å². The van der Waals surface area contributed by atoms with Crippen molar-refractivity contribution in [3.05, 3.63) is 58.4 Å². The molecule has 0 amide bonds. The molecule has 2 N–H and O–H groups in total. The van der Waals surface area contributed by atoms with Crippen LogP contribution in [0.1, 0.15) is 5.56 Å². The fourth-order valence-electron chi connectivity index (χ4n) is 2.43. The zero-order valence-corrected chi connectivity index (χ0v) is 15.6. The number of methoxy groups -OCH3 is 3. The first kappa shape index (κ1) is 18.9. The summed E-state index contributed by atoms with van der Waals surface area (Å²) >= 11 is 0. The molecule has 2 aromatic carbocycles. The third-order valence-corrected chi connectivity index (χ3v) is 3.87. The number of hydrazone groups is 1. The molecule has 0 spiro atoms. The first-order chi connectivity index (χ1) is 13.6. The molecule has 1 heterocycles. The van der Waals surface area contributed by atoms with Crippen molar-refractivity contribution in [2.75, 3.05) is 26.8 Å². The number of aromatic amines is 1. The van der Waals surface area contributed by atoms with Crippen molar-refractivity contribution in [1.29, 1.82) is 0 Å². The van der Waals surface area contributed by atoms with E-state index in [2.05, 4.69) is 25.7 Å². The number of hydrogen-bond acceptors (Lipinski definition) is 8. The second-order valence-corrected chi connectivity index (χ2v) is 5.56. The highest BCUT2D eigenvalue weighted by molar-refractivity contribution is 5.84. The van der Waals surface area contributed by atoms with E-state index in [4.69, 9.17) is 14.2 Å². The van der Waals surface area contributed by atoms with Gasteiger partial charge in [-0.05, 0) is 42.5 Å². The summed E-state index contributed by atoms with van der Waals surface area (Å²) in [5, 5.41) is 12.0. The summed E-state index contributed by atoms with van der Waals surface area (Å²) in [5.74, 6) is 2.09. The van der Waals surface area contributed by atoms with E-state index in [9.17, 15) is 4.79 Å². The molecule has 0 radical (unpaired) electrons. The van der Waals surface area contributed by atoms with Gasteiger partial charge in [0, 0.05) is 11.1 Å². The monoisotopic (exact) mass is 381 g/mol. The largest absolute Gasteiger partial charge is 0.497 e. The highest BCUT2D eigenvalue weighted by Gasteiger charge is 2.08. The average molecular weight is 381 g/mol. The zero-order valence-electron chi connectivity index (χ0n) is 15.6. The van der Waals surface area contributed by atoms with Crippen LogP contribution in [-0.4, -0.2) is 42.7 Å². The second kappa shape index (κ2) is 8.67. The van der Waals surface area contributed by atoms with Crippen LogP contribution in [-0.2, 0) is 0 Å². The van der Waals surface area contributed by atoms with Crippen molar-refractivity contribution in [1.82, 2.24) is 15.2 Å². The van der Waals surface area contributed by atoms with Crippen LogP contribution in [0.4, 0.5) is 5.95 Å². The molecule has 3 rings (SSSR count). The fraction of sp³-hybridized carbons (Fsp3) is 0.158. The Balaban J connectivity index is 1.76. The lowest BCUT2D eigenvalue weighted by Gasteiger charge is -2.07. The fourth-order valence-corrected chi connectivity index (χ4v) is 2.43. The van der Waals surface area contributed by atoms with Gasteiger partial charge in [0.15, 0.2) is 5.69 Å². The van der Waals surface area contributed by atoms with Gasteiger partial charge in [-0.15, -0.1) is 10.2 Å². The van der Waals surface area contributed by atoms with Gasteiger partial charge in [-0.3, -0.25) is 9.78 Å². The lowest BCUT2D eigenvalue weighted by Crippen LogP contribution is -2.15. The predicted octanol–water partition coefficient (Wildman–Crippen LogP) is 2.30. The van der Waals surface area contributed by atoms with E-state index in [0.717, 1.165) is 0 Å². The number of hydrogen-bond donors (Lipinski definition) is 2. The molecular weight excluding hydrogens is 362 g/mol. The normalized spacial score (nSPS) is 10.7. The van der Waals surface area contributed by atoms with Gasteiger partial charge >= 0.3 is 0 Å². The first-order valence-corrected chi connectivity index (χ1v) is 8.27. The number of aromatic nitrogens is 3. The van der Waals surface area contributed by atoms with Gasteiger partial charge in [0.25, 0.3) is 5.56 Å². The number of anilines is 1. The quantitative estimate of drug-likeness (QED) is 0.477. The minimum atomic E-state index is -0.392. The molecule has 0 saturated carbocycles. The number of nitrogens with one attached hydrogen (secondary N) is 2. The average Bonchev–Trinajstić information content (AvgIpc) is 2.74. The van der Waals surface area contributed by atoms with E-state index in [1.54, 1.807) is 63.8 Å². The van der Waals surface area contributed by atoms with E-state index < -0.39 is 5.56 Å². The smallest absolute Gasteiger partial charge is 0.279 e. The maximum Gasteiger partial charge on any atom is 0.279 e. The number of nitrogens with zero attached hydrogens (tertiary/aromatic N) is 3. The Labute approximate surface area is 161 Å². The maximum atomic E-state index is 12.3. The molecule has 0 saturated heterocycles. The Morgan fingerprint density at radius 1 is 0.964 bits per heavy atom. The highest BCUT2D eigenvalue weighted by atomic mass is 16.5. The summed E-state index contributed by atoms with van der Waals surface area (Å²) in [6, 6.07) is 12.3. The number of H-pyrrole nitrogens is 1. The standard InChI is InChI=1S/C19H19N5O4/c1-26-14-6-4-12(5-7-14)17-18(25)21-19(24-22-17)23-20-11-13-10-15(27-2)8-9-16(13)28-3/h4-11H,1-3H3,(H2,21,23,24,25)/b20-11+. The third-order valence-electron chi connectivity index (χ3n) is 3.87. The molecule has 0 aliphatic rings. The van der Waals surface area contributed by atoms with Crippen LogP contribution in [0.3, 0.4) is 0 Å². The Morgan fingerprint density at radius 3 is 2.32 bits per heavy atom. The topological polar surface area (TPSA) is 111 Å². The maximum absolute atomic E-state index is 12.3.